The molecular formula is C14H14Cl2N2O3S2. The zero-order chi connectivity index (χ0) is 17.2. The quantitative estimate of drug-likeness (QED) is 0.815. The highest BCUT2D eigenvalue weighted by Crippen LogP contribution is 2.27. The van der Waals surface area contributed by atoms with Gasteiger partial charge in [-0.25, -0.2) is 13.1 Å². The van der Waals surface area contributed by atoms with E-state index >= 15 is 0 Å². The van der Waals surface area contributed by atoms with Crippen molar-refractivity contribution < 1.29 is 13.2 Å². The summed E-state index contributed by atoms with van der Waals surface area (Å²) >= 11 is 12.7. The summed E-state index contributed by atoms with van der Waals surface area (Å²) in [5.41, 5.74) is 2.25. The highest BCUT2D eigenvalue weighted by molar-refractivity contribution is 7.91. The number of nitrogens with one attached hydrogen (secondary N) is 2. The summed E-state index contributed by atoms with van der Waals surface area (Å²) in [7, 11) is -3.76. The highest BCUT2D eigenvalue weighted by atomic mass is 35.5. The summed E-state index contributed by atoms with van der Waals surface area (Å²) in [6.07, 6.45) is 0. The van der Waals surface area contributed by atoms with Crippen LogP contribution >= 0.6 is 34.5 Å². The standard InChI is InChI=1S/C14H14Cl2N2O3S2/c1-8-5-9(2)14(10(15)6-8)18-12(19)7-17-23(20,21)13-4-3-11(16)22-13/h3-6,17H,7H2,1-2H3,(H,18,19). The first kappa shape index (κ1) is 18.2. The number of carbonyl (C=O) groups excluding carboxylic acids is 1. The minimum Gasteiger partial charge on any atom is -0.323 e. The van der Waals surface area contributed by atoms with Crippen LogP contribution in [-0.2, 0) is 14.8 Å². The molecule has 0 aliphatic carbocycles. The van der Waals surface area contributed by atoms with Crippen LogP contribution in [0.1, 0.15) is 11.1 Å². The van der Waals surface area contributed by atoms with Gasteiger partial charge in [0.1, 0.15) is 4.21 Å². The third kappa shape index (κ3) is 4.68. The van der Waals surface area contributed by atoms with E-state index in [1.807, 2.05) is 19.9 Å². The molecule has 0 saturated heterocycles. The Labute approximate surface area is 148 Å². The molecule has 0 aliphatic rings. The maximum absolute atomic E-state index is 12.0. The van der Waals surface area contributed by atoms with Crippen molar-refractivity contribution in [2.24, 2.45) is 0 Å². The summed E-state index contributed by atoms with van der Waals surface area (Å²) in [5.74, 6) is -0.509. The molecule has 1 aromatic heterocycles. The van der Waals surface area contributed by atoms with Crippen molar-refractivity contribution >= 4 is 56.2 Å². The fourth-order valence-electron chi connectivity index (χ4n) is 1.93. The zero-order valence-electron chi connectivity index (χ0n) is 12.3. The number of sulfonamides is 1. The molecule has 1 heterocycles. The minimum absolute atomic E-state index is 0.0554. The van der Waals surface area contributed by atoms with Crippen molar-refractivity contribution in [1.82, 2.24) is 4.72 Å². The third-order valence-corrected chi connectivity index (χ3v) is 6.35. The number of anilines is 1. The van der Waals surface area contributed by atoms with E-state index < -0.39 is 22.5 Å². The number of hydrogen-bond donors (Lipinski definition) is 2. The molecule has 0 unspecified atom stereocenters. The second kappa shape index (κ2) is 7.19. The summed E-state index contributed by atoms with van der Waals surface area (Å²) in [6, 6.07) is 6.46. The van der Waals surface area contributed by atoms with Crippen molar-refractivity contribution in [2.75, 3.05) is 11.9 Å². The van der Waals surface area contributed by atoms with Crippen LogP contribution < -0.4 is 10.0 Å². The number of carbonyl (C=O) groups is 1. The van der Waals surface area contributed by atoms with Gasteiger partial charge in [0.25, 0.3) is 10.0 Å². The van der Waals surface area contributed by atoms with E-state index in [9.17, 15) is 13.2 Å². The molecule has 2 aromatic rings. The average Bonchev–Trinajstić information content (AvgIpc) is 2.88. The molecule has 0 bridgehead atoms. The zero-order valence-corrected chi connectivity index (χ0v) is 15.5. The van der Waals surface area contributed by atoms with E-state index in [-0.39, 0.29) is 4.21 Å². The fourth-order valence-corrected chi connectivity index (χ4v) is 4.81. The van der Waals surface area contributed by atoms with Crippen molar-refractivity contribution in [1.29, 1.82) is 0 Å². The number of thiophene rings is 1. The summed E-state index contributed by atoms with van der Waals surface area (Å²) in [4.78, 5) is 12.0. The Morgan fingerprint density at radius 1 is 1.22 bits per heavy atom. The van der Waals surface area contributed by atoms with Crippen LogP contribution in [0.3, 0.4) is 0 Å². The summed E-state index contributed by atoms with van der Waals surface area (Å²) in [5, 5.41) is 3.02. The van der Waals surface area contributed by atoms with Crippen LogP contribution in [0.5, 0.6) is 0 Å². The van der Waals surface area contributed by atoms with E-state index in [0.717, 1.165) is 22.5 Å². The topological polar surface area (TPSA) is 75.3 Å². The maximum atomic E-state index is 12.0. The van der Waals surface area contributed by atoms with Gasteiger partial charge in [0, 0.05) is 0 Å². The Kier molecular flexibility index (Phi) is 5.70. The molecule has 0 radical (unpaired) electrons. The highest BCUT2D eigenvalue weighted by Gasteiger charge is 2.18. The molecule has 1 amide bonds. The van der Waals surface area contributed by atoms with Crippen LogP contribution in [0, 0.1) is 13.8 Å². The lowest BCUT2D eigenvalue weighted by Gasteiger charge is -2.12. The first-order chi connectivity index (χ1) is 10.7. The number of benzene rings is 1. The second-order valence-corrected chi connectivity index (χ2v) is 8.99. The number of aryl methyl sites for hydroxylation is 2. The normalized spacial score (nSPS) is 11.5. The Hall–Kier alpha value is -1.12. The van der Waals surface area contributed by atoms with E-state index in [2.05, 4.69) is 10.0 Å². The van der Waals surface area contributed by atoms with E-state index in [4.69, 9.17) is 23.2 Å². The Morgan fingerprint density at radius 2 is 1.91 bits per heavy atom. The fraction of sp³-hybridized carbons (Fsp3) is 0.214. The number of hydrogen-bond acceptors (Lipinski definition) is 4. The molecular weight excluding hydrogens is 379 g/mol. The van der Waals surface area contributed by atoms with Gasteiger partial charge in [-0.05, 0) is 43.2 Å². The van der Waals surface area contributed by atoms with Crippen molar-refractivity contribution in [3.05, 3.63) is 44.8 Å². The molecule has 23 heavy (non-hydrogen) atoms. The van der Waals surface area contributed by atoms with E-state index in [1.54, 1.807) is 6.07 Å². The van der Waals surface area contributed by atoms with Gasteiger partial charge < -0.3 is 5.32 Å². The van der Waals surface area contributed by atoms with Gasteiger partial charge in [0.15, 0.2) is 0 Å². The van der Waals surface area contributed by atoms with Gasteiger partial charge in [0.2, 0.25) is 5.91 Å². The van der Waals surface area contributed by atoms with Crippen LogP contribution in [0.2, 0.25) is 9.36 Å². The molecule has 0 saturated carbocycles. The molecule has 2 N–H and O–H groups in total. The van der Waals surface area contributed by atoms with Crippen LogP contribution in [0.15, 0.2) is 28.5 Å². The van der Waals surface area contributed by atoms with Crippen LogP contribution in [-0.4, -0.2) is 20.9 Å². The third-order valence-electron chi connectivity index (χ3n) is 2.93. The number of rotatable bonds is 5. The van der Waals surface area contributed by atoms with Crippen molar-refractivity contribution in [3.8, 4) is 0 Å². The lowest BCUT2D eigenvalue weighted by atomic mass is 10.1. The van der Waals surface area contributed by atoms with E-state index in [1.165, 1.54) is 12.1 Å². The molecule has 9 heteroatoms. The minimum atomic E-state index is -3.76. The first-order valence-corrected chi connectivity index (χ1v) is 9.56. The largest absolute Gasteiger partial charge is 0.323 e. The molecule has 2 rings (SSSR count). The summed E-state index contributed by atoms with van der Waals surface area (Å²) < 4.78 is 26.7. The van der Waals surface area contributed by atoms with Crippen LogP contribution in [0.4, 0.5) is 5.69 Å². The summed E-state index contributed by atoms with van der Waals surface area (Å²) in [6.45, 7) is 3.30. The second-order valence-electron chi connectivity index (χ2n) is 4.87. The smallest absolute Gasteiger partial charge is 0.250 e. The van der Waals surface area contributed by atoms with Gasteiger partial charge in [-0.2, -0.15) is 0 Å². The molecule has 0 fully saturated rings. The average molecular weight is 393 g/mol. The van der Waals surface area contributed by atoms with Crippen molar-refractivity contribution in [2.45, 2.75) is 18.1 Å². The van der Waals surface area contributed by atoms with Gasteiger partial charge in [-0.3, -0.25) is 4.79 Å². The van der Waals surface area contributed by atoms with Crippen molar-refractivity contribution in [3.63, 3.8) is 0 Å². The Bertz CT molecular complexity index is 824. The molecule has 124 valence electrons. The Balaban J connectivity index is 2.04. The molecule has 0 atom stereocenters. The van der Waals surface area contributed by atoms with Gasteiger partial charge in [0.05, 0.1) is 21.6 Å². The predicted molar refractivity (Wildman–Crippen MR) is 94.1 cm³/mol. The lowest BCUT2D eigenvalue weighted by Crippen LogP contribution is -2.32. The molecule has 0 aliphatic heterocycles. The number of amides is 1. The van der Waals surface area contributed by atoms with Gasteiger partial charge in [-0.15, -0.1) is 11.3 Å². The molecule has 5 nitrogen and oxygen atoms in total. The molecule has 0 spiro atoms. The Morgan fingerprint density at radius 3 is 2.48 bits per heavy atom. The monoisotopic (exact) mass is 392 g/mol. The van der Waals surface area contributed by atoms with Gasteiger partial charge in [-0.1, -0.05) is 29.3 Å². The first-order valence-electron chi connectivity index (χ1n) is 6.50. The van der Waals surface area contributed by atoms with E-state index in [0.29, 0.717) is 15.0 Å². The van der Waals surface area contributed by atoms with Crippen LogP contribution in [0.25, 0.3) is 0 Å². The SMILES string of the molecule is Cc1cc(C)c(NC(=O)CNS(=O)(=O)c2ccc(Cl)s2)c(Cl)c1. The van der Waals surface area contributed by atoms with Gasteiger partial charge >= 0.3 is 0 Å². The number of halogens is 2. The lowest BCUT2D eigenvalue weighted by molar-refractivity contribution is -0.115. The maximum Gasteiger partial charge on any atom is 0.250 e. The predicted octanol–water partition coefficient (Wildman–Crippen LogP) is 3.59. The molecule has 1 aromatic carbocycles.